The van der Waals surface area contributed by atoms with Crippen LogP contribution >= 0.6 is 24.0 Å². The number of nitrogens with zero attached hydrogens (tertiary/aromatic N) is 1. The molecule has 1 aromatic carbocycles. The lowest BCUT2D eigenvalue weighted by Crippen LogP contribution is -2.45. The highest BCUT2D eigenvalue weighted by atomic mass is 35.5. The molecule has 1 aliphatic heterocycles. The number of hydrogen-bond donors (Lipinski definition) is 1. The molecule has 0 saturated carbocycles. The third-order valence-electron chi connectivity index (χ3n) is 4.10. The number of hydrogen-bond acceptors (Lipinski definition) is 2. The van der Waals surface area contributed by atoms with Crippen LogP contribution in [0.4, 0.5) is 0 Å². The minimum atomic E-state index is 0. The second-order valence-corrected chi connectivity index (χ2v) is 6.11. The molecule has 0 aliphatic carbocycles. The molecule has 2 unspecified atom stereocenters. The first-order valence-electron chi connectivity index (χ1n) is 7.29. The lowest BCUT2D eigenvalue weighted by atomic mass is 9.97. The average Bonchev–Trinajstić information content (AvgIpc) is 2.49. The number of likely N-dealkylation sites (N-methyl/N-ethyl adjacent to an activating group) is 1. The summed E-state index contributed by atoms with van der Waals surface area (Å²) >= 11 is 5.89. The van der Waals surface area contributed by atoms with Crippen LogP contribution < -0.4 is 5.32 Å². The number of carbonyl (C=O) groups is 1. The Labute approximate surface area is 138 Å². The van der Waals surface area contributed by atoms with E-state index >= 15 is 0 Å². The van der Waals surface area contributed by atoms with Crippen LogP contribution in [0.1, 0.15) is 25.3 Å². The third-order valence-corrected chi connectivity index (χ3v) is 4.35. The summed E-state index contributed by atoms with van der Waals surface area (Å²) in [6, 6.07) is 8.05. The van der Waals surface area contributed by atoms with Crippen LogP contribution in [0.15, 0.2) is 24.3 Å². The van der Waals surface area contributed by atoms with Crippen molar-refractivity contribution in [2.45, 2.75) is 32.2 Å². The molecule has 2 atom stereocenters. The molecule has 1 saturated heterocycles. The number of halogens is 2. The molecule has 3 nitrogen and oxygen atoms in total. The van der Waals surface area contributed by atoms with E-state index in [-0.39, 0.29) is 30.3 Å². The Kier molecular flexibility index (Phi) is 7.50. The fraction of sp³-hybridized carbons (Fsp3) is 0.562. The van der Waals surface area contributed by atoms with Crippen molar-refractivity contribution in [1.82, 2.24) is 10.2 Å². The molecule has 21 heavy (non-hydrogen) atoms. The van der Waals surface area contributed by atoms with Gasteiger partial charge in [-0.25, -0.2) is 0 Å². The van der Waals surface area contributed by atoms with Crippen LogP contribution in [-0.2, 0) is 11.2 Å². The van der Waals surface area contributed by atoms with Crippen molar-refractivity contribution in [3.8, 4) is 0 Å². The van der Waals surface area contributed by atoms with Gasteiger partial charge in [0.1, 0.15) is 0 Å². The highest BCUT2D eigenvalue weighted by molar-refractivity contribution is 6.30. The molecule has 1 aromatic rings. The first kappa shape index (κ1) is 18.3. The van der Waals surface area contributed by atoms with Gasteiger partial charge in [0.05, 0.1) is 5.92 Å². The summed E-state index contributed by atoms with van der Waals surface area (Å²) in [4.78, 5) is 14.3. The molecule has 2 rings (SSSR count). The molecular weight excluding hydrogens is 307 g/mol. The van der Waals surface area contributed by atoms with Gasteiger partial charge in [0.15, 0.2) is 0 Å². The summed E-state index contributed by atoms with van der Waals surface area (Å²) in [5.41, 5.74) is 1.21. The summed E-state index contributed by atoms with van der Waals surface area (Å²) in [6.45, 7) is 3.95. The minimum absolute atomic E-state index is 0. The average molecular weight is 331 g/mol. The van der Waals surface area contributed by atoms with Gasteiger partial charge >= 0.3 is 0 Å². The zero-order valence-corrected chi connectivity index (χ0v) is 14.2. The summed E-state index contributed by atoms with van der Waals surface area (Å²) < 4.78 is 0. The Morgan fingerprint density at radius 1 is 1.43 bits per heavy atom. The highest BCUT2D eigenvalue weighted by Gasteiger charge is 2.26. The largest absolute Gasteiger partial charge is 0.342 e. The van der Waals surface area contributed by atoms with Crippen molar-refractivity contribution < 1.29 is 4.79 Å². The first-order chi connectivity index (χ1) is 9.58. The van der Waals surface area contributed by atoms with Crippen molar-refractivity contribution in [1.29, 1.82) is 0 Å². The van der Waals surface area contributed by atoms with Crippen molar-refractivity contribution in [2.75, 3.05) is 20.1 Å². The van der Waals surface area contributed by atoms with Crippen molar-refractivity contribution in [2.24, 2.45) is 5.92 Å². The maximum Gasteiger partial charge on any atom is 0.226 e. The molecule has 0 radical (unpaired) electrons. The minimum Gasteiger partial charge on any atom is -0.342 e. The Bertz CT molecular complexity index is 444. The summed E-state index contributed by atoms with van der Waals surface area (Å²) in [6.07, 6.45) is 2.96. The SMILES string of the molecule is CC(Cc1ccc(Cl)cc1)N(C)C(=O)C1CCCNC1.Cl. The van der Waals surface area contributed by atoms with Crippen LogP contribution in [0.5, 0.6) is 0 Å². The fourth-order valence-electron chi connectivity index (χ4n) is 2.67. The monoisotopic (exact) mass is 330 g/mol. The normalized spacial score (nSPS) is 19.5. The van der Waals surface area contributed by atoms with E-state index in [1.807, 2.05) is 36.2 Å². The van der Waals surface area contributed by atoms with Gasteiger partial charge in [-0.15, -0.1) is 12.4 Å². The maximum atomic E-state index is 12.4. The van der Waals surface area contributed by atoms with Gasteiger partial charge in [0.2, 0.25) is 5.91 Å². The molecule has 0 spiro atoms. The van der Waals surface area contributed by atoms with E-state index in [1.165, 1.54) is 5.56 Å². The quantitative estimate of drug-likeness (QED) is 0.919. The standard InChI is InChI=1S/C16H23ClN2O.ClH/c1-12(10-13-5-7-15(17)8-6-13)19(2)16(20)14-4-3-9-18-11-14;/h5-8,12,14,18H,3-4,9-11H2,1-2H3;1H. The van der Waals surface area contributed by atoms with Crippen molar-refractivity contribution >= 4 is 29.9 Å². The second-order valence-electron chi connectivity index (χ2n) is 5.67. The summed E-state index contributed by atoms with van der Waals surface area (Å²) in [5, 5.41) is 4.05. The van der Waals surface area contributed by atoms with E-state index in [0.29, 0.717) is 0 Å². The molecule has 1 N–H and O–H groups in total. The van der Waals surface area contributed by atoms with Crippen molar-refractivity contribution in [3.05, 3.63) is 34.9 Å². The fourth-order valence-corrected chi connectivity index (χ4v) is 2.79. The predicted molar refractivity (Wildman–Crippen MR) is 90.2 cm³/mol. The summed E-state index contributed by atoms with van der Waals surface area (Å²) in [5.74, 6) is 0.403. The van der Waals surface area contributed by atoms with Gasteiger partial charge < -0.3 is 10.2 Å². The van der Waals surface area contributed by atoms with E-state index in [4.69, 9.17) is 11.6 Å². The lowest BCUT2D eigenvalue weighted by Gasteiger charge is -2.31. The van der Waals surface area contributed by atoms with Crippen LogP contribution in [0.2, 0.25) is 5.02 Å². The van der Waals surface area contributed by atoms with Crippen LogP contribution in [-0.4, -0.2) is 37.0 Å². The molecule has 1 fully saturated rings. The molecule has 0 aromatic heterocycles. The van der Waals surface area contributed by atoms with Gasteiger partial charge in [-0.3, -0.25) is 4.79 Å². The van der Waals surface area contributed by atoms with Crippen LogP contribution in [0.3, 0.4) is 0 Å². The number of amides is 1. The zero-order chi connectivity index (χ0) is 14.5. The molecule has 5 heteroatoms. The smallest absolute Gasteiger partial charge is 0.226 e. The number of nitrogens with one attached hydrogen (secondary N) is 1. The van der Waals surface area contributed by atoms with Crippen LogP contribution in [0, 0.1) is 5.92 Å². The number of carbonyl (C=O) groups excluding carboxylic acids is 1. The van der Waals surface area contributed by atoms with E-state index in [0.717, 1.165) is 37.4 Å². The highest BCUT2D eigenvalue weighted by Crippen LogP contribution is 2.17. The Balaban J connectivity index is 0.00000220. The topological polar surface area (TPSA) is 32.3 Å². The Hall–Kier alpha value is -0.770. The molecule has 1 aliphatic rings. The van der Waals surface area contributed by atoms with Gasteiger partial charge in [-0.1, -0.05) is 23.7 Å². The van der Waals surface area contributed by atoms with Gasteiger partial charge in [0.25, 0.3) is 0 Å². The van der Waals surface area contributed by atoms with Crippen molar-refractivity contribution in [3.63, 3.8) is 0 Å². The lowest BCUT2D eigenvalue weighted by molar-refractivity contribution is -0.136. The van der Waals surface area contributed by atoms with Gasteiger partial charge in [0, 0.05) is 24.7 Å². The number of piperidine rings is 1. The predicted octanol–water partition coefficient (Wildman–Crippen LogP) is 3.15. The summed E-state index contributed by atoms with van der Waals surface area (Å²) in [7, 11) is 1.91. The molecule has 0 bridgehead atoms. The van der Waals surface area contributed by atoms with E-state index in [2.05, 4.69) is 12.2 Å². The molecule has 1 amide bonds. The van der Waals surface area contributed by atoms with E-state index in [9.17, 15) is 4.79 Å². The maximum absolute atomic E-state index is 12.4. The van der Waals surface area contributed by atoms with Gasteiger partial charge in [-0.05, 0) is 50.4 Å². The van der Waals surface area contributed by atoms with E-state index in [1.54, 1.807) is 0 Å². The molecular formula is C16H24Cl2N2O. The Morgan fingerprint density at radius 3 is 2.67 bits per heavy atom. The zero-order valence-electron chi connectivity index (χ0n) is 12.6. The Morgan fingerprint density at radius 2 is 2.10 bits per heavy atom. The number of rotatable bonds is 4. The second kappa shape index (κ2) is 8.62. The van der Waals surface area contributed by atoms with Gasteiger partial charge in [-0.2, -0.15) is 0 Å². The van der Waals surface area contributed by atoms with Crippen LogP contribution in [0.25, 0.3) is 0 Å². The molecule has 1 heterocycles. The first-order valence-corrected chi connectivity index (χ1v) is 7.67. The third kappa shape index (κ3) is 5.17. The van der Waals surface area contributed by atoms with E-state index < -0.39 is 0 Å². The number of benzene rings is 1. The molecule has 118 valence electrons.